The average molecular weight is 765 g/mol. The number of rotatable bonds is 7. The first-order valence-electron chi connectivity index (χ1n) is 19.1. The van der Waals surface area contributed by atoms with Crippen molar-refractivity contribution in [3.05, 3.63) is 211 Å². The standard InChI is InChI=1S/C53H36N2S2/c1-34(36-21-23-39(24-22-36)37-13-5-3-6-14-37)54-53(41-26-28-48-46-18-10-12-20-50(46)57-52(48)33-41)55-35(2)42-29-43(38-15-7-4-8-16-38)31-44(30-42)40-25-27-47-45-17-9-11-19-49(45)56-51(47)32-40/h3-33H,1H2,2H3. The van der Waals surface area contributed by atoms with E-state index >= 15 is 0 Å². The highest BCUT2D eigenvalue weighted by Crippen LogP contribution is 2.38. The van der Waals surface area contributed by atoms with Crippen LogP contribution in [0.5, 0.6) is 0 Å². The number of aliphatic imine (C=N–C) groups is 2. The van der Waals surface area contributed by atoms with Gasteiger partial charge in [-0.25, -0.2) is 9.98 Å². The van der Waals surface area contributed by atoms with Gasteiger partial charge in [-0.2, -0.15) is 0 Å². The summed E-state index contributed by atoms with van der Waals surface area (Å²) in [6.45, 7) is 6.56. The zero-order valence-electron chi connectivity index (χ0n) is 31.3. The molecule has 2 aromatic heterocycles. The Kier molecular flexibility index (Phi) is 8.99. The topological polar surface area (TPSA) is 24.7 Å². The number of amidine groups is 1. The number of fused-ring (bicyclic) bond motifs is 6. The first kappa shape index (κ1) is 34.7. The van der Waals surface area contributed by atoms with E-state index < -0.39 is 0 Å². The summed E-state index contributed by atoms with van der Waals surface area (Å²) in [6, 6.07) is 67.0. The molecule has 270 valence electrons. The fraction of sp³-hybridized carbons (Fsp3) is 0.0189. The van der Waals surface area contributed by atoms with Gasteiger partial charge in [-0.15, -0.1) is 22.7 Å². The third-order valence-corrected chi connectivity index (χ3v) is 12.9. The van der Waals surface area contributed by atoms with Crippen LogP contribution < -0.4 is 0 Å². The van der Waals surface area contributed by atoms with Crippen molar-refractivity contribution in [2.45, 2.75) is 6.92 Å². The average Bonchev–Trinajstić information content (AvgIpc) is 3.84. The summed E-state index contributed by atoms with van der Waals surface area (Å²) in [5.41, 5.74) is 11.4. The summed E-state index contributed by atoms with van der Waals surface area (Å²) in [5.74, 6) is 0.627. The van der Waals surface area contributed by atoms with Gasteiger partial charge in [-0.1, -0.05) is 152 Å². The van der Waals surface area contributed by atoms with Crippen molar-refractivity contribution < 1.29 is 0 Å². The van der Waals surface area contributed by atoms with Crippen molar-refractivity contribution >= 4 is 80.3 Å². The molecule has 0 unspecified atom stereocenters. The largest absolute Gasteiger partial charge is 0.233 e. The van der Waals surface area contributed by atoms with Crippen LogP contribution in [-0.4, -0.2) is 11.5 Å². The van der Waals surface area contributed by atoms with Crippen molar-refractivity contribution in [2.75, 3.05) is 0 Å². The summed E-state index contributed by atoms with van der Waals surface area (Å²) in [6.07, 6.45) is 0. The molecule has 0 saturated carbocycles. The molecule has 0 aliphatic carbocycles. The molecule has 57 heavy (non-hydrogen) atoms. The van der Waals surface area contributed by atoms with Crippen LogP contribution in [0, 0.1) is 0 Å². The van der Waals surface area contributed by atoms with Gasteiger partial charge in [-0.3, -0.25) is 0 Å². The third-order valence-electron chi connectivity index (χ3n) is 10.6. The molecule has 10 aromatic rings. The van der Waals surface area contributed by atoms with E-state index in [9.17, 15) is 0 Å². The highest BCUT2D eigenvalue weighted by Gasteiger charge is 2.14. The van der Waals surface area contributed by atoms with Gasteiger partial charge in [0, 0.05) is 51.6 Å². The molecule has 0 bridgehead atoms. The zero-order chi connectivity index (χ0) is 38.3. The van der Waals surface area contributed by atoms with E-state index in [1.54, 1.807) is 11.3 Å². The number of hydrogen-bond donors (Lipinski definition) is 0. The van der Waals surface area contributed by atoms with Crippen molar-refractivity contribution in [1.82, 2.24) is 0 Å². The Morgan fingerprint density at radius 1 is 0.368 bits per heavy atom. The Labute approximate surface area is 340 Å². The molecule has 0 aliphatic rings. The van der Waals surface area contributed by atoms with Crippen LogP contribution in [-0.2, 0) is 0 Å². The summed E-state index contributed by atoms with van der Waals surface area (Å²) in [7, 11) is 0. The summed E-state index contributed by atoms with van der Waals surface area (Å²) in [4.78, 5) is 10.6. The van der Waals surface area contributed by atoms with Crippen molar-refractivity contribution in [3.63, 3.8) is 0 Å². The highest BCUT2D eigenvalue weighted by molar-refractivity contribution is 7.26. The summed E-state index contributed by atoms with van der Waals surface area (Å²) >= 11 is 3.65. The van der Waals surface area contributed by atoms with Gasteiger partial charge in [0.15, 0.2) is 5.84 Å². The quantitative estimate of drug-likeness (QED) is 0.114. The third kappa shape index (κ3) is 6.80. The van der Waals surface area contributed by atoms with Gasteiger partial charge < -0.3 is 0 Å². The van der Waals surface area contributed by atoms with Crippen molar-refractivity contribution in [3.8, 4) is 33.4 Å². The van der Waals surface area contributed by atoms with E-state index in [4.69, 9.17) is 9.98 Å². The fourth-order valence-electron chi connectivity index (χ4n) is 7.63. The van der Waals surface area contributed by atoms with Gasteiger partial charge in [0.2, 0.25) is 0 Å². The normalized spacial score (nSPS) is 12.2. The minimum Gasteiger partial charge on any atom is -0.233 e. The molecule has 0 fully saturated rings. The molecular weight excluding hydrogens is 729 g/mol. The second-order valence-electron chi connectivity index (χ2n) is 14.3. The van der Waals surface area contributed by atoms with Crippen LogP contribution in [0.1, 0.15) is 23.6 Å². The van der Waals surface area contributed by atoms with Crippen LogP contribution in [0.2, 0.25) is 0 Å². The molecule has 0 aliphatic heterocycles. The first-order chi connectivity index (χ1) is 28.0. The lowest BCUT2D eigenvalue weighted by Crippen LogP contribution is -2.05. The monoisotopic (exact) mass is 764 g/mol. The molecule has 10 rings (SSSR count). The molecule has 0 saturated heterocycles. The molecule has 8 aromatic carbocycles. The Bertz CT molecular complexity index is 3180. The summed E-state index contributed by atoms with van der Waals surface area (Å²) < 4.78 is 5.06. The van der Waals surface area contributed by atoms with Crippen LogP contribution >= 0.6 is 22.7 Å². The van der Waals surface area contributed by atoms with Crippen molar-refractivity contribution in [1.29, 1.82) is 0 Å². The van der Waals surface area contributed by atoms with Crippen LogP contribution in [0.3, 0.4) is 0 Å². The molecule has 0 radical (unpaired) electrons. The molecule has 0 atom stereocenters. The smallest absolute Gasteiger partial charge is 0.160 e. The number of thiophene rings is 2. The van der Waals surface area contributed by atoms with Gasteiger partial charge in [0.25, 0.3) is 0 Å². The lowest BCUT2D eigenvalue weighted by Gasteiger charge is -2.12. The maximum Gasteiger partial charge on any atom is 0.160 e. The van der Waals surface area contributed by atoms with E-state index in [0.29, 0.717) is 11.5 Å². The molecule has 0 spiro atoms. The zero-order valence-corrected chi connectivity index (χ0v) is 32.9. The Morgan fingerprint density at radius 3 is 1.49 bits per heavy atom. The fourth-order valence-corrected chi connectivity index (χ4v) is 9.92. The predicted molar refractivity (Wildman–Crippen MR) is 249 cm³/mol. The maximum atomic E-state index is 5.37. The van der Waals surface area contributed by atoms with Crippen LogP contribution in [0.4, 0.5) is 0 Å². The molecular formula is C53H36N2S2. The van der Waals surface area contributed by atoms with Crippen molar-refractivity contribution in [2.24, 2.45) is 9.98 Å². The lowest BCUT2D eigenvalue weighted by molar-refractivity contribution is 1.44. The van der Waals surface area contributed by atoms with Gasteiger partial charge in [-0.05, 0) is 93.9 Å². The number of hydrogen-bond acceptors (Lipinski definition) is 3. The number of benzene rings is 8. The predicted octanol–water partition coefficient (Wildman–Crippen LogP) is 15.4. The molecule has 0 amide bonds. The van der Waals surface area contributed by atoms with E-state index in [1.807, 2.05) is 17.4 Å². The Hall–Kier alpha value is -6.72. The van der Waals surface area contributed by atoms with E-state index in [0.717, 1.165) is 44.7 Å². The maximum absolute atomic E-state index is 5.37. The molecule has 2 nitrogen and oxygen atoms in total. The van der Waals surface area contributed by atoms with Gasteiger partial charge in [0.05, 0.1) is 5.70 Å². The van der Waals surface area contributed by atoms with E-state index in [-0.39, 0.29) is 0 Å². The molecule has 0 N–H and O–H groups in total. The highest BCUT2D eigenvalue weighted by atomic mass is 32.1. The summed E-state index contributed by atoms with van der Waals surface area (Å²) in [5, 5.41) is 5.11. The second-order valence-corrected chi connectivity index (χ2v) is 16.5. The molecule has 4 heteroatoms. The van der Waals surface area contributed by atoms with Crippen LogP contribution in [0.25, 0.3) is 79.4 Å². The van der Waals surface area contributed by atoms with E-state index in [2.05, 4.69) is 195 Å². The molecule has 2 heterocycles. The minimum absolute atomic E-state index is 0.627. The Morgan fingerprint density at radius 2 is 0.842 bits per heavy atom. The van der Waals surface area contributed by atoms with Gasteiger partial charge in [0.1, 0.15) is 0 Å². The number of nitrogens with zero attached hydrogens (tertiary/aromatic N) is 2. The van der Waals surface area contributed by atoms with E-state index in [1.165, 1.54) is 51.5 Å². The Balaban J connectivity index is 1.10. The van der Waals surface area contributed by atoms with Crippen LogP contribution in [0.15, 0.2) is 205 Å². The second kappa shape index (κ2) is 14.7. The van der Waals surface area contributed by atoms with Gasteiger partial charge >= 0.3 is 0 Å². The lowest BCUT2D eigenvalue weighted by atomic mass is 9.94. The minimum atomic E-state index is 0.627. The first-order valence-corrected chi connectivity index (χ1v) is 20.7. The SMILES string of the molecule is C=C(N=C(N=C(C)c1cc(-c2ccccc2)cc(-c2ccc3c(c2)sc2ccccc23)c1)c1ccc2c(c1)sc1ccccc12)c1ccc(-c2ccccc2)cc1.